The first kappa shape index (κ1) is 20.4. The van der Waals surface area contributed by atoms with Crippen molar-refractivity contribution in [2.24, 2.45) is 0 Å². The SMILES string of the molecule is Cc1cc(C)cc(-n2nnnc2S[C@@H](C)C(=O)N2CCN(c3ccccc3)CC2)c1. The minimum atomic E-state index is -0.260. The molecule has 0 unspecified atom stereocenters. The number of piperazine rings is 1. The molecular weight excluding hydrogens is 396 g/mol. The molecule has 0 N–H and O–H groups in total. The zero-order valence-corrected chi connectivity index (χ0v) is 18.3. The van der Waals surface area contributed by atoms with E-state index in [1.807, 2.05) is 42.2 Å². The van der Waals surface area contributed by atoms with E-state index in [1.165, 1.54) is 17.4 Å². The Morgan fingerprint density at radius 2 is 1.63 bits per heavy atom. The van der Waals surface area contributed by atoms with Crippen molar-refractivity contribution < 1.29 is 4.79 Å². The zero-order valence-electron chi connectivity index (χ0n) is 17.5. The molecule has 30 heavy (non-hydrogen) atoms. The molecule has 0 bridgehead atoms. The molecule has 1 atom stereocenters. The summed E-state index contributed by atoms with van der Waals surface area (Å²) in [4.78, 5) is 17.3. The molecule has 1 aromatic heterocycles. The van der Waals surface area contributed by atoms with Gasteiger partial charge in [0.05, 0.1) is 10.9 Å². The van der Waals surface area contributed by atoms with Crippen molar-refractivity contribution in [3.63, 3.8) is 0 Å². The summed E-state index contributed by atoms with van der Waals surface area (Å²) in [5.74, 6) is 0.127. The predicted molar refractivity (Wildman–Crippen MR) is 119 cm³/mol. The number of tetrazole rings is 1. The summed E-state index contributed by atoms with van der Waals surface area (Å²) in [6.07, 6.45) is 0. The Labute approximate surface area is 181 Å². The predicted octanol–water partition coefficient (Wildman–Crippen LogP) is 3.11. The van der Waals surface area contributed by atoms with Crippen molar-refractivity contribution in [1.82, 2.24) is 25.1 Å². The van der Waals surface area contributed by atoms with Crippen molar-refractivity contribution in [2.45, 2.75) is 31.2 Å². The lowest BCUT2D eigenvalue weighted by atomic mass is 10.1. The molecule has 1 aliphatic rings. The average Bonchev–Trinajstić information content (AvgIpc) is 3.21. The standard InChI is InChI=1S/C22H26N6OS/c1-16-13-17(2)15-20(14-16)28-22(23-24-25-28)30-18(3)21(29)27-11-9-26(10-12-27)19-7-5-4-6-8-19/h4-8,13-15,18H,9-12H2,1-3H3/t18-/m0/s1. The van der Waals surface area contributed by atoms with Gasteiger partial charge in [0.2, 0.25) is 11.1 Å². The fraction of sp³-hybridized carbons (Fsp3) is 0.364. The number of carbonyl (C=O) groups excluding carboxylic acids is 1. The van der Waals surface area contributed by atoms with Gasteiger partial charge in [-0.1, -0.05) is 36.0 Å². The topological polar surface area (TPSA) is 67.2 Å². The van der Waals surface area contributed by atoms with Crippen LogP contribution in [0.15, 0.2) is 53.7 Å². The molecule has 0 saturated carbocycles. The van der Waals surface area contributed by atoms with Crippen LogP contribution in [0.4, 0.5) is 5.69 Å². The van der Waals surface area contributed by atoms with Gasteiger partial charge in [0, 0.05) is 31.9 Å². The number of benzene rings is 2. The van der Waals surface area contributed by atoms with Crippen LogP contribution < -0.4 is 4.90 Å². The van der Waals surface area contributed by atoms with Crippen LogP contribution in [0.5, 0.6) is 0 Å². The van der Waals surface area contributed by atoms with Crippen molar-refractivity contribution in [3.8, 4) is 5.69 Å². The van der Waals surface area contributed by atoms with Gasteiger partial charge < -0.3 is 9.80 Å². The Morgan fingerprint density at radius 1 is 0.967 bits per heavy atom. The van der Waals surface area contributed by atoms with Crippen molar-refractivity contribution in [3.05, 3.63) is 59.7 Å². The second kappa shape index (κ2) is 8.87. The minimum absolute atomic E-state index is 0.127. The molecule has 4 rings (SSSR count). The van der Waals surface area contributed by atoms with Crippen molar-refractivity contribution in [1.29, 1.82) is 0 Å². The molecule has 3 aromatic rings. The van der Waals surface area contributed by atoms with E-state index >= 15 is 0 Å². The maximum Gasteiger partial charge on any atom is 0.236 e. The fourth-order valence-electron chi connectivity index (χ4n) is 3.78. The largest absolute Gasteiger partial charge is 0.368 e. The molecule has 1 aliphatic heterocycles. The Morgan fingerprint density at radius 3 is 2.30 bits per heavy atom. The van der Waals surface area contributed by atoms with Crippen LogP contribution in [0, 0.1) is 13.8 Å². The molecule has 1 amide bonds. The Balaban J connectivity index is 1.40. The quantitative estimate of drug-likeness (QED) is 0.589. The first-order valence-electron chi connectivity index (χ1n) is 10.1. The molecule has 0 radical (unpaired) electrons. The smallest absolute Gasteiger partial charge is 0.236 e. The summed E-state index contributed by atoms with van der Waals surface area (Å²) in [6, 6.07) is 16.5. The number of para-hydroxylation sites is 1. The van der Waals surface area contributed by atoms with Gasteiger partial charge in [0.15, 0.2) is 0 Å². The van der Waals surface area contributed by atoms with E-state index in [1.54, 1.807) is 4.68 Å². The van der Waals surface area contributed by atoms with Crippen molar-refractivity contribution >= 4 is 23.4 Å². The number of aromatic nitrogens is 4. The number of nitrogens with zero attached hydrogens (tertiary/aromatic N) is 6. The highest BCUT2D eigenvalue weighted by molar-refractivity contribution is 8.00. The number of hydrogen-bond donors (Lipinski definition) is 0. The Hall–Kier alpha value is -2.87. The van der Waals surface area contributed by atoms with Crippen molar-refractivity contribution in [2.75, 3.05) is 31.1 Å². The highest BCUT2D eigenvalue weighted by Crippen LogP contribution is 2.26. The monoisotopic (exact) mass is 422 g/mol. The van der Waals surface area contributed by atoms with E-state index in [9.17, 15) is 4.79 Å². The van der Waals surface area contributed by atoms with Gasteiger partial charge in [-0.15, -0.1) is 5.10 Å². The normalized spacial score (nSPS) is 15.3. The Kier molecular flexibility index (Phi) is 6.03. The molecule has 1 saturated heterocycles. The number of carbonyl (C=O) groups is 1. The molecule has 7 nitrogen and oxygen atoms in total. The third-order valence-corrected chi connectivity index (χ3v) is 6.26. The number of thioether (sulfide) groups is 1. The highest BCUT2D eigenvalue weighted by atomic mass is 32.2. The molecular formula is C22H26N6OS. The van der Waals surface area contributed by atoms with E-state index in [2.05, 4.69) is 52.5 Å². The molecule has 8 heteroatoms. The Bertz CT molecular complexity index is 993. The molecule has 0 spiro atoms. The van der Waals surface area contributed by atoms with E-state index in [4.69, 9.17) is 0 Å². The number of amides is 1. The van der Waals surface area contributed by atoms with Gasteiger partial charge >= 0.3 is 0 Å². The van der Waals surface area contributed by atoms with Crippen LogP contribution in [0.2, 0.25) is 0 Å². The zero-order chi connectivity index (χ0) is 21.1. The lowest BCUT2D eigenvalue weighted by Crippen LogP contribution is -2.50. The van der Waals surface area contributed by atoms with Crippen LogP contribution in [0.25, 0.3) is 5.69 Å². The van der Waals surface area contributed by atoms with Crippen LogP contribution in [0.1, 0.15) is 18.1 Å². The lowest BCUT2D eigenvalue weighted by molar-refractivity contribution is -0.130. The van der Waals surface area contributed by atoms with Gasteiger partial charge in [-0.25, -0.2) is 0 Å². The molecule has 156 valence electrons. The summed E-state index contributed by atoms with van der Waals surface area (Å²) in [5.41, 5.74) is 4.42. The molecule has 2 aromatic carbocycles. The first-order chi connectivity index (χ1) is 14.5. The van der Waals surface area contributed by atoms with Gasteiger partial charge in [-0.2, -0.15) is 4.68 Å². The number of anilines is 1. The van der Waals surface area contributed by atoms with Crippen LogP contribution in [0.3, 0.4) is 0 Å². The molecule has 2 heterocycles. The van der Waals surface area contributed by atoms with Gasteiger partial charge in [0.25, 0.3) is 0 Å². The number of rotatable bonds is 5. The third-order valence-electron chi connectivity index (χ3n) is 5.23. The summed E-state index contributed by atoms with van der Waals surface area (Å²) in [7, 11) is 0. The minimum Gasteiger partial charge on any atom is -0.368 e. The lowest BCUT2D eigenvalue weighted by Gasteiger charge is -2.37. The van der Waals surface area contributed by atoms with Gasteiger partial charge in [0.1, 0.15) is 0 Å². The number of aryl methyl sites for hydroxylation is 2. The second-order valence-electron chi connectivity index (χ2n) is 7.63. The number of hydrogen-bond acceptors (Lipinski definition) is 6. The van der Waals surface area contributed by atoms with Crippen LogP contribution >= 0.6 is 11.8 Å². The third kappa shape index (κ3) is 4.48. The highest BCUT2D eigenvalue weighted by Gasteiger charge is 2.27. The van der Waals surface area contributed by atoms with Crippen LogP contribution in [-0.4, -0.2) is 62.4 Å². The summed E-state index contributed by atoms with van der Waals surface area (Å²) in [6.45, 7) is 9.16. The summed E-state index contributed by atoms with van der Waals surface area (Å²) >= 11 is 1.40. The maximum atomic E-state index is 13.0. The second-order valence-corrected chi connectivity index (χ2v) is 8.94. The fourth-order valence-corrected chi connectivity index (χ4v) is 4.67. The summed E-state index contributed by atoms with van der Waals surface area (Å²) in [5, 5.41) is 12.5. The molecule has 0 aliphatic carbocycles. The van der Waals surface area contributed by atoms with E-state index in [0.29, 0.717) is 5.16 Å². The van der Waals surface area contributed by atoms with E-state index in [0.717, 1.165) is 43.0 Å². The molecule has 1 fully saturated rings. The average molecular weight is 423 g/mol. The van der Waals surface area contributed by atoms with Gasteiger partial charge in [-0.05, 0) is 66.6 Å². The maximum absolute atomic E-state index is 13.0. The first-order valence-corrected chi connectivity index (χ1v) is 11.0. The van der Waals surface area contributed by atoms with E-state index in [-0.39, 0.29) is 11.2 Å². The van der Waals surface area contributed by atoms with Gasteiger partial charge in [-0.3, -0.25) is 4.79 Å². The van der Waals surface area contributed by atoms with E-state index < -0.39 is 0 Å². The van der Waals surface area contributed by atoms with Crippen LogP contribution in [-0.2, 0) is 4.79 Å². The summed E-state index contributed by atoms with van der Waals surface area (Å²) < 4.78 is 1.71.